The molecule has 0 spiro atoms. The first kappa shape index (κ1) is 12.8. The van der Waals surface area contributed by atoms with Crippen LogP contribution in [-0.4, -0.2) is 17.5 Å². The molecule has 0 unspecified atom stereocenters. The zero-order valence-corrected chi connectivity index (χ0v) is 10.4. The highest BCUT2D eigenvalue weighted by atomic mass is 16.4. The summed E-state index contributed by atoms with van der Waals surface area (Å²) in [7, 11) is 0. The maximum absolute atomic E-state index is 11.2. The van der Waals surface area contributed by atoms with Crippen molar-refractivity contribution < 1.29 is 14.7 Å². The van der Waals surface area contributed by atoms with E-state index in [0.29, 0.717) is 17.7 Å². The number of anilines is 1. The van der Waals surface area contributed by atoms with Crippen molar-refractivity contribution in [2.24, 2.45) is 0 Å². The summed E-state index contributed by atoms with van der Waals surface area (Å²) in [5, 5.41) is 11.7. The van der Waals surface area contributed by atoms with Crippen molar-refractivity contribution in [1.29, 1.82) is 0 Å². The molecule has 2 aromatic carbocycles. The van der Waals surface area contributed by atoms with Gasteiger partial charge in [0.05, 0.1) is 11.3 Å². The Hall–Kier alpha value is -2.62. The number of benzene rings is 2. The molecular weight excluding hydrogens is 242 g/mol. The maximum atomic E-state index is 11.2. The first-order valence-electron chi connectivity index (χ1n) is 5.77. The van der Waals surface area contributed by atoms with E-state index in [4.69, 9.17) is 0 Å². The van der Waals surface area contributed by atoms with Crippen LogP contribution in [0.25, 0.3) is 11.1 Å². The fourth-order valence-electron chi connectivity index (χ4n) is 2.04. The van der Waals surface area contributed by atoms with Gasteiger partial charge in [0.25, 0.3) is 0 Å². The lowest BCUT2D eigenvalue weighted by atomic mass is 9.96. The largest absolute Gasteiger partial charge is 0.478 e. The molecule has 0 radical (unpaired) electrons. The predicted molar refractivity (Wildman–Crippen MR) is 73.3 cm³/mol. The van der Waals surface area contributed by atoms with Crippen molar-refractivity contribution in [1.82, 2.24) is 0 Å². The normalized spacial score (nSPS) is 9.95. The van der Waals surface area contributed by atoms with Crippen molar-refractivity contribution in [2.45, 2.75) is 6.92 Å². The van der Waals surface area contributed by atoms with Crippen LogP contribution in [0.5, 0.6) is 0 Å². The Morgan fingerprint density at radius 3 is 2.42 bits per heavy atom. The number of rotatable bonds is 4. The average molecular weight is 255 g/mol. The number of carbonyl (C=O) groups is 2. The second-order valence-corrected chi connectivity index (χ2v) is 4.11. The molecule has 0 fully saturated rings. The highest BCUT2D eigenvalue weighted by molar-refractivity contribution is 6.02. The predicted octanol–water partition coefficient (Wildman–Crippen LogP) is 2.93. The van der Waals surface area contributed by atoms with Gasteiger partial charge in [0.15, 0.2) is 0 Å². The molecule has 2 rings (SSSR count). The first-order valence-corrected chi connectivity index (χ1v) is 5.77. The summed E-state index contributed by atoms with van der Waals surface area (Å²) in [6.45, 7) is 1.94. The highest BCUT2D eigenvalue weighted by Crippen LogP contribution is 2.32. The average Bonchev–Trinajstić information content (AvgIpc) is 2.40. The molecule has 2 aromatic rings. The first-order chi connectivity index (χ1) is 9.15. The van der Waals surface area contributed by atoms with E-state index >= 15 is 0 Å². The Morgan fingerprint density at radius 1 is 1.11 bits per heavy atom. The van der Waals surface area contributed by atoms with E-state index in [0.717, 1.165) is 11.1 Å². The standard InChI is InChI=1S/C15H13NO3/c1-10-5-2-3-6-11(10)12-7-4-8-13(15(18)19)14(12)16-9-17/h2-9H,1H3,(H,16,17)(H,18,19). The summed E-state index contributed by atoms with van der Waals surface area (Å²) in [6.07, 6.45) is 0.490. The molecule has 2 N–H and O–H groups in total. The Labute approximate surface area is 110 Å². The summed E-state index contributed by atoms with van der Waals surface area (Å²) in [6, 6.07) is 12.5. The fourth-order valence-corrected chi connectivity index (χ4v) is 2.04. The Kier molecular flexibility index (Phi) is 3.61. The molecule has 96 valence electrons. The minimum absolute atomic E-state index is 0.0767. The van der Waals surface area contributed by atoms with E-state index < -0.39 is 5.97 Å². The summed E-state index contributed by atoms with van der Waals surface area (Å²) in [5.41, 5.74) is 3.01. The molecule has 0 saturated carbocycles. The van der Waals surface area contributed by atoms with E-state index in [1.165, 1.54) is 6.07 Å². The molecule has 0 aliphatic rings. The number of carboxylic acids is 1. The summed E-state index contributed by atoms with van der Waals surface area (Å²) in [4.78, 5) is 21.9. The SMILES string of the molecule is Cc1ccccc1-c1cccc(C(=O)O)c1NC=O. The number of para-hydroxylation sites is 1. The highest BCUT2D eigenvalue weighted by Gasteiger charge is 2.15. The lowest BCUT2D eigenvalue weighted by molar-refractivity contribution is -0.105. The van der Waals surface area contributed by atoms with Crippen LogP contribution in [0.4, 0.5) is 5.69 Å². The van der Waals surface area contributed by atoms with Crippen molar-refractivity contribution in [3.8, 4) is 11.1 Å². The minimum Gasteiger partial charge on any atom is -0.478 e. The molecule has 4 heteroatoms. The smallest absolute Gasteiger partial charge is 0.337 e. The van der Waals surface area contributed by atoms with E-state index in [2.05, 4.69) is 5.32 Å². The Bertz CT molecular complexity index is 635. The third-order valence-electron chi connectivity index (χ3n) is 2.93. The summed E-state index contributed by atoms with van der Waals surface area (Å²) < 4.78 is 0. The monoisotopic (exact) mass is 255 g/mol. The van der Waals surface area contributed by atoms with Gasteiger partial charge < -0.3 is 10.4 Å². The lowest BCUT2D eigenvalue weighted by Gasteiger charge is -2.13. The van der Waals surface area contributed by atoms with Crippen molar-refractivity contribution >= 4 is 18.1 Å². The molecule has 0 aromatic heterocycles. The van der Waals surface area contributed by atoms with Crippen LogP contribution in [0.15, 0.2) is 42.5 Å². The number of carboxylic acid groups (broad SMARTS) is 1. The zero-order chi connectivity index (χ0) is 13.8. The zero-order valence-electron chi connectivity index (χ0n) is 10.4. The minimum atomic E-state index is -1.07. The molecule has 4 nitrogen and oxygen atoms in total. The van der Waals surface area contributed by atoms with Crippen molar-refractivity contribution in [3.63, 3.8) is 0 Å². The van der Waals surface area contributed by atoms with Gasteiger partial charge in [0.2, 0.25) is 6.41 Å². The molecular formula is C15H13NO3. The van der Waals surface area contributed by atoms with E-state index in [1.54, 1.807) is 12.1 Å². The van der Waals surface area contributed by atoms with E-state index in [-0.39, 0.29) is 5.56 Å². The molecule has 0 bridgehead atoms. The van der Waals surface area contributed by atoms with Gasteiger partial charge in [0.1, 0.15) is 0 Å². The Morgan fingerprint density at radius 2 is 1.79 bits per heavy atom. The number of hydrogen-bond donors (Lipinski definition) is 2. The quantitative estimate of drug-likeness (QED) is 0.825. The number of aryl methyl sites for hydroxylation is 1. The molecule has 0 aliphatic heterocycles. The van der Waals surface area contributed by atoms with Crippen LogP contribution < -0.4 is 5.32 Å². The van der Waals surface area contributed by atoms with Crippen LogP contribution in [0, 0.1) is 6.92 Å². The van der Waals surface area contributed by atoms with Gasteiger partial charge in [-0.3, -0.25) is 4.79 Å². The van der Waals surface area contributed by atoms with Gasteiger partial charge in [-0.2, -0.15) is 0 Å². The van der Waals surface area contributed by atoms with Crippen molar-refractivity contribution in [3.05, 3.63) is 53.6 Å². The third kappa shape index (κ3) is 2.47. The Balaban J connectivity index is 2.70. The summed E-state index contributed by atoms with van der Waals surface area (Å²) >= 11 is 0. The van der Waals surface area contributed by atoms with Crippen LogP contribution in [0.1, 0.15) is 15.9 Å². The molecule has 0 heterocycles. The second-order valence-electron chi connectivity index (χ2n) is 4.11. The van der Waals surface area contributed by atoms with Gasteiger partial charge in [-0.25, -0.2) is 4.79 Å². The van der Waals surface area contributed by atoms with Crippen LogP contribution in [0.2, 0.25) is 0 Å². The number of carbonyl (C=O) groups excluding carboxylic acids is 1. The topological polar surface area (TPSA) is 66.4 Å². The summed E-state index contributed by atoms with van der Waals surface area (Å²) in [5.74, 6) is -1.07. The van der Waals surface area contributed by atoms with Gasteiger partial charge in [-0.15, -0.1) is 0 Å². The second kappa shape index (κ2) is 5.35. The fraction of sp³-hybridized carbons (Fsp3) is 0.0667. The van der Waals surface area contributed by atoms with Gasteiger partial charge in [0, 0.05) is 5.56 Å². The number of aromatic carboxylic acids is 1. The number of nitrogens with one attached hydrogen (secondary N) is 1. The van der Waals surface area contributed by atoms with Gasteiger partial charge >= 0.3 is 5.97 Å². The van der Waals surface area contributed by atoms with Gasteiger partial charge in [-0.05, 0) is 24.1 Å². The van der Waals surface area contributed by atoms with Crippen molar-refractivity contribution in [2.75, 3.05) is 5.32 Å². The van der Waals surface area contributed by atoms with Gasteiger partial charge in [-0.1, -0.05) is 36.4 Å². The molecule has 0 aliphatic carbocycles. The lowest BCUT2D eigenvalue weighted by Crippen LogP contribution is -2.06. The number of hydrogen-bond acceptors (Lipinski definition) is 2. The maximum Gasteiger partial charge on any atom is 0.337 e. The van der Waals surface area contributed by atoms with E-state index in [1.807, 2.05) is 31.2 Å². The molecule has 1 amide bonds. The van der Waals surface area contributed by atoms with Crippen LogP contribution in [-0.2, 0) is 4.79 Å². The molecule has 0 saturated heterocycles. The number of amides is 1. The molecule has 19 heavy (non-hydrogen) atoms. The van der Waals surface area contributed by atoms with Crippen LogP contribution >= 0.6 is 0 Å². The van der Waals surface area contributed by atoms with Crippen LogP contribution in [0.3, 0.4) is 0 Å². The third-order valence-corrected chi connectivity index (χ3v) is 2.93. The van der Waals surface area contributed by atoms with E-state index in [9.17, 15) is 14.7 Å². The molecule has 0 atom stereocenters.